The Kier molecular flexibility index (Phi) is 13.6. The highest BCUT2D eigenvalue weighted by molar-refractivity contribution is 7.93. The van der Waals surface area contributed by atoms with Crippen LogP contribution in [0.25, 0.3) is 55.4 Å². The molecule has 0 spiro atoms. The number of aromatic carboxylic acids is 1. The molecule has 0 unspecified atom stereocenters. The van der Waals surface area contributed by atoms with Gasteiger partial charge in [-0.25, -0.2) is 35.4 Å². The number of nitrogens with zero attached hydrogens (tertiary/aromatic N) is 4. The normalized spacial score (nSPS) is 14.4. The Morgan fingerprint density at radius 3 is 1.67 bits per heavy atom. The van der Waals surface area contributed by atoms with Gasteiger partial charge in [-0.15, -0.1) is 17.6 Å². The second kappa shape index (κ2) is 19.8. The van der Waals surface area contributed by atoms with Gasteiger partial charge in [0.15, 0.2) is 28.8 Å². The van der Waals surface area contributed by atoms with Crippen molar-refractivity contribution in [3.63, 3.8) is 0 Å². The molecule has 4 N–H and O–H groups in total. The molecule has 0 radical (unpaired) electrons. The minimum absolute atomic E-state index is 0.0419. The van der Waals surface area contributed by atoms with Crippen molar-refractivity contribution in [3.8, 4) is 56.6 Å². The number of hydrogen-bond donors (Lipinski definition) is 4. The molecule has 11 rings (SSSR count). The van der Waals surface area contributed by atoms with Crippen LogP contribution in [-0.4, -0.2) is 65.7 Å². The number of nitrogens with one attached hydrogen (secondary N) is 3. The zero-order chi connectivity index (χ0) is 58.4. The molecule has 2 aliphatic rings. The van der Waals surface area contributed by atoms with E-state index in [1.165, 1.54) is 67.1 Å². The fourth-order valence-electron chi connectivity index (χ4n) is 9.14. The molecule has 2 aliphatic heterocycles. The van der Waals surface area contributed by atoms with Gasteiger partial charge < -0.3 is 24.1 Å². The molecule has 9 aromatic rings. The molecule has 6 aromatic carbocycles. The molecule has 17 nitrogen and oxygen atoms in total. The summed E-state index contributed by atoms with van der Waals surface area (Å²) < 4.78 is 163. The Balaban J connectivity index is 0.000000182. The van der Waals surface area contributed by atoms with E-state index in [2.05, 4.69) is 53.5 Å². The number of fused-ring (bicyclic) bond motifs is 4. The van der Waals surface area contributed by atoms with Gasteiger partial charge >= 0.3 is 18.6 Å². The van der Waals surface area contributed by atoms with E-state index in [9.17, 15) is 53.1 Å². The quantitative estimate of drug-likeness (QED) is 0.0933. The summed E-state index contributed by atoms with van der Waals surface area (Å²) in [7, 11) is -8.89. The van der Waals surface area contributed by atoms with E-state index < -0.39 is 82.5 Å². The lowest BCUT2D eigenvalue weighted by Crippen LogP contribution is -2.26. The number of pyridine rings is 2. The lowest BCUT2D eigenvalue weighted by Gasteiger charge is -2.21. The zero-order valence-electron chi connectivity index (χ0n) is 42.9. The van der Waals surface area contributed by atoms with Crippen molar-refractivity contribution in [1.82, 2.24) is 25.1 Å². The van der Waals surface area contributed by atoms with Crippen LogP contribution in [0.4, 0.5) is 37.7 Å². The Morgan fingerprint density at radius 1 is 0.605 bits per heavy atom. The molecular formula is C55H42ClF6N7O10S2. The molecule has 0 fully saturated rings. The number of rotatable bonds is 10. The first-order valence-electron chi connectivity index (χ1n) is 24.0. The SMILES string of the molecule is CC(C)(C)c1ccc(S(=O)(=O)Nc2cc3c(c(Cl)c2-c2ccc(C(=O)O)c4ncccc24)OC(F)(F)O3)cc1F.CC(C)(C)c1ccc(S(=O)(=O)Nc2cc3c(cc2-c2ccc(-c4ncn[nH]4)c4ncccc24)OC(F)(F)O3)cc1F. The summed E-state index contributed by atoms with van der Waals surface area (Å²) in [5.74, 6) is -4.01. The fraction of sp³-hybridized carbons (Fsp3) is 0.182. The van der Waals surface area contributed by atoms with Crippen molar-refractivity contribution in [2.75, 3.05) is 9.44 Å². The highest BCUT2D eigenvalue weighted by atomic mass is 35.5. The maximum absolute atomic E-state index is 14.9. The number of alkyl halides is 4. The molecule has 26 heteroatoms. The van der Waals surface area contributed by atoms with Gasteiger partial charge in [0.05, 0.1) is 42.8 Å². The monoisotopic (exact) mass is 1170 g/mol. The predicted molar refractivity (Wildman–Crippen MR) is 286 cm³/mol. The maximum atomic E-state index is 14.9. The summed E-state index contributed by atoms with van der Waals surface area (Å²) in [6, 6.07) is 22.8. The van der Waals surface area contributed by atoms with E-state index in [0.29, 0.717) is 33.4 Å². The van der Waals surface area contributed by atoms with Crippen LogP contribution in [0.15, 0.2) is 132 Å². The number of H-pyrrole nitrogens is 1. The first kappa shape index (κ1) is 55.6. The Morgan fingerprint density at radius 2 is 1.11 bits per heavy atom. The zero-order valence-corrected chi connectivity index (χ0v) is 45.3. The maximum Gasteiger partial charge on any atom is 0.586 e. The van der Waals surface area contributed by atoms with E-state index in [4.69, 9.17) is 11.6 Å². The van der Waals surface area contributed by atoms with Crippen molar-refractivity contribution in [2.24, 2.45) is 0 Å². The second-order valence-electron chi connectivity index (χ2n) is 20.4. The second-order valence-corrected chi connectivity index (χ2v) is 24.1. The largest absolute Gasteiger partial charge is 0.586 e. The lowest BCUT2D eigenvalue weighted by molar-refractivity contribution is -0.287. The van der Waals surface area contributed by atoms with E-state index in [1.807, 2.05) is 0 Å². The minimum Gasteiger partial charge on any atom is -0.478 e. The third-order valence-electron chi connectivity index (χ3n) is 12.8. The van der Waals surface area contributed by atoms with Crippen molar-refractivity contribution in [2.45, 2.75) is 74.8 Å². The number of anilines is 2. The van der Waals surface area contributed by atoms with Gasteiger partial charge in [0.25, 0.3) is 20.0 Å². The third-order valence-corrected chi connectivity index (χ3v) is 15.9. The molecule has 418 valence electrons. The third kappa shape index (κ3) is 10.8. The first-order chi connectivity index (χ1) is 37.9. The Hall–Kier alpha value is -8.68. The van der Waals surface area contributed by atoms with Crippen molar-refractivity contribution in [3.05, 3.63) is 155 Å². The Labute approximate surface area is 462 Å². The van der Waals surface area contributed by atoms with E-state index in [0.717, 1.165) is 24.3 Å². The molecule has 81 heavy (non-hydrogen) atoms. The minimum atomic E-state index is -4.51. The van der Waals surface area contributed by atoms with Crippen LogP contribution in [0, 0.1) is 11.6 Å². The van der Waals surface area contributed by atoms with Gasteiger partial charge in [-0.3, -0.25) is 24.5 Å². The number of hydrogen-bond acceptors (Lipinski definition) is 13. The van der Waals surface area contributed by atoms with Crippen LogP contribution < -0.4 is 28.4 Å². The number of aromatic amines is 1. The number of carboxylic acids is 1. The molecule has 0 saturated carbocycles. The average Bonchev–Trinajstić information content (AvgIpc) is 4.23. The molecular weight excluding hydrogens is 1130 g/mol. The van der Waals surface area contributed by atoms with Crippen molar-refractivity contribution < 1.29 is 72.0 Å². The average molecular weight is 1170 g/mol. The fourth-order valence-corrected chi connectivity index (χ4v) is 11.6. The number of carboxylic acid groups (broad SMARTS) is 1. The van der Waals surface area contributed by atoms with E-state index >= 15 is 0 Å². The molecule has 0 atom stereocenters. The summed E-state index contributed by atoms with van der Waals surface area (Å²) in [6.45, 7) is 10.7. The van der Waals surface area contributed by atoms with E-state index in [1.54, 1.807) is 72.0 Å². The number of halogens is 7. The van der Waals surface area contributed by atoms with Gasteiger partial charge in [-0.2, -0.15) is 5.10 Å². The van der Waals surface area contributed by atoms with Gasteiger partial charge in [0, 0.05) is 52.0 Å². The van der Waals surface area contributed by atoms with E-state index in [-0.39, 0.29) is 66.5 Å². The molecule has 5 heterocycles. The highest BCUT2D eigenvalue weighted by Gasteiger charge is 2.47. The summed E-state index contributed by atoms with van der Waals surface area (Å²) in [6.07, 6.45) is -3.74. The van der Waals surface area contributed by atoms with Crippen LogP contribution in [0.2, 0.25) is 5.02 Å². The summed E-state index contributed by atoms with van der Waals surface area (Å²) in [5.41, 5.74) is 0.769. The summed E-state index contributed by atoms with van der Waals surface area (Å²) in [5, 5.41) is 16.6. The van der Waals surface area contributed by atoms with Gasteiger partial charge in [0.1, 0.15) is 18.0 Å². The molecule has 0 amide bonds. The first-order valence-corrected chi connectivity index (χ1v) is 27.3. The van der Waals surface area contributed by atoms with Gasteiger partial charge in [0.2, 0.25) is 0 Å². The Bertz CT molecular complexity index is 4300. The smallest absolute Gasteiger partial charge is 0.478 e. The summed E-state index contributed by atoms with van der Waals surface area (Å²) >= 11 is 6.53. The lowest BCUT2D eigenvalue weighted by atomic mass is 9.87. The van der Waals surface area contributed by atoms with Gasteiger partial charge in [-0.05, 0) is 87.7 Å². The molecule has 0 bridgehead atoms. The highest BCUT2D eigenvalue weighted by Crippen LogP contribution is 2.54. The van der Waals surface area contributed by atoms with Crippen LogP contribution in [0.1, 0.15) is 63.0 Å². The topological polar surface area (TPSA) is 234 Å². The number of sulfonamides is 2. The molecule has 3 aromatic heterocycles. The number of aromatic nitrogens is 5. The summed E-state index contributed by atoms with van der Waals surface area (Å²) in [4.78, 5) is 23.8. The standard InChI is InChI=1S/C28H22F3N5O4S.C27H20ClF3N2O6S/c1-27(2,3)20-9-6-15(11-21(20)29)41(37,38)36-22-13-24-23(39-28(30,31)40-24)12-19(22)16-7-8-18(26-33-14-34-35-26)25-17(16)5-4-10-32-25;1-26(2,3)17-9-6-13(11-18(17)29)40(36,37)33-19-12-20-24(39-27(30,31)38-20)22(28)21(19)14-7-8-16(25(34)35)23-15(14)5-4-10-32-23/h4-14,36H,1-3H3,(H,33,34,35);4-12,33H,1-3H3,(H,34,35). The van der Waals surface area contributed by atoms with Gasteiger partial charge in [-0.1, -0.05) is 89.5 Å². The van der Waals surface area contributed by atoms with Crippen LogP contribution >= 0.6 is 11.6 Å². The van der Waals surface area contributed by atoms with Crippen molar-refractivity contribution in [1.29, 1.82) is 0 Å². The number of ether oxygens (including phenoxy) is 4. The molecule has 0 saturated heterocycles. The predicted octanol–water partition coefficient (Wildman–Crippen LogP) is 13.1. The van der Waals surface area contributed by atoms with Crippen LogP contribution in [0.3, 0.4) is 0 Å². The number of benzene rings is 6. The molecule has 0 aliphatic carbocycles. The van der Waals surface area contributed by atoms with Crippen LogP contribution in [0.5, 0.6) is 23.0 Å². The van der Waals surface area contributed by atoms with Crippen molar-refractivity contribution >= 4 is 70.8 Å². The van der Waals surface area contributed by atoms with Crippen LogP contribution in [-0.2, 0) is 30.9 Å². The number of carbonyl (C=O) groups is 1.